The summed E-state index contributed by atoms with van der Waals surface area (Å²) in [5.74, 6) is 0.658. The zero-order valence-electron chi connectivity index (χ0n) is 12.2. The minimum absolute atomic E-state index is 0.582. The molecule has 0 bridgehead atoms. The highest BCUT2D eigenvalue weighted by Crippen LogP contribution is 2.25. The zero-order chi connectivity index (χ0) is 15.4. The van der Waals surface area contributed by atoms with Gasteiger partial charge in [0.15, 0.2) is 0 Å². The number of fused-ring (bicyclic) bond motifs is 1. The molecule has 0 radical (unpaired) electrons. The van der Waals surface area contributed by atoms with Crippen molar-refractivity contribution in [3.05, 3.63) is 58.2 Å². The highest BCUT2D eigenvalue weighted by Gasteiger charge is 2.17. The Balaban J connectivity index is 1.56. The van der Waals surface area contributed by atoms with Gasteiger partial charge in [-0.15, -0.1) is 0 Å². The minimum atomic E-state index is 0.582. The molecule has 4 nitrogen and oxygen atoms in total. The number of aromatic nitrogens is 1. The van der Waals surface area contributed by atoms with Crippen molar-refractivity contribution in [2.24, 2.45) is 0 Å². The summed E-state index contributed by atoms with van der Waals surface area (Å²) >= 11 is 6.24. The third-order valence-electron chi connectivity index (χ3n) is 3.94. The van der Waals surface area contributed by atoms with Crippen molar-refractivity contribution in [3.63, 3.8) is 0 Å². The van der Waals surface area contributed by atoms with Crippen LogP contribution < -0.4 is 5.32 Å². The average molecular weight is 313 g/mol. The number of nitrogens with zero attached hydrogens (tertiary/aromatic N) is 3. The summed E-state index contributed by atoms with van der Waals surface area (Å²) in [6.07, 6.45) is 2.68. The molecule has 2 heterocycles. The van der Waals surface area contributed by atoms with Crippen LogP contribution in [-0.2, 0) is 13.0 Å². The first kappa shape index (κ1) is 14.8. The monoisotopic (exact) mass is 312 g/mol. The molecule has 0 aliphatic carbocycles. The molecule has 0 atom stereocenters. The van der Waals surface area contributed by atoms with Crippen LogP contribution in [0.25, 0.3) is 0 Å². The van der Waals surface area contributed by atoms with Gasteiger partial charge in [0.25, 0.3) is 0 Å². The van der Waals surface area contributed by atoms with Gasteiger partial charge in [0.1, 0.15) is 11.9 Å². The van der Waals surface area contributed by atoms with E-state index in [1.54, 1.807) is 18.3 Å². The van der Waals surface area contributed by atoms with Crippen LogP contribution >= 0.6 is 11.6 Å². The van der Waals surface area contributed by atoms with Crippen molar-refractivity contribution < 1.29 is 0 Å². The van der Waals surface area contributed by atoms with Gasteiger partial charge in [0.2, 0.25) is 0 Å². The van der Waals surface area contributed by atoms with Crippen LogP contribution in [0.2, 0.25) is 5.02 Å². The Kier molecular flexibility index (Phi) is 4.57. The molecule has 1 aliphatic heterocycles. The van der Waals surface area contributed by atoms with Crippen LogP contribution in [0.4, 0.5) is 5.82 Å². The van der Waals surface area contributed by atoms with E-state index in [1.165, 1.54) is 11.1 Å². The summed E-state index contributed by atoms with van der Waals surface area (Å²) in [5.41, 5.74) is 3.18. The number of pyridine rings is 1. The fourth-order valence-corrected chi connectivity index (χ4v) is 3.07. The predicted molar refractivity (Wildman–Crippen MR) is 87.9 cm³/mol. The summed E-state index contributed by atoms with van der Waals surface area (Å²) < 4.78 is 0. The Morgan fingerprint density at radius 1 is 1.32 bits per heavy atom. The molecule has 0 unspecified atom stereocenters. The van der Waals surface area contributed by atoms with Crippen molar-refractivity contribution in [3.8, 4) is 6.07 Å². The van der Waals surface area contributed by atoms with Gasteiger partial charge in [-0.1, -0.05) is 23.7 Å². The Labute approximate surface area is 135 Å². The molecule has 22 heavy (non-hydrogen) atoms. The lowest BCUT2D eigenvalue weighted by atomic mass is 10.00. The average Bonchev–Trinajstić information content (AvgIpc) is 2.55. The van der Waals surface area contributed by atoms with Crippen molar-refractivity contribution in [2.45, 2.75) is 13.0 Å². The van der Waals surface area contributed by atoms with Gasteiger partial charge in [-0.05, 0) is 35.7 Å². The van der Waals surface area contributed by atoms with Crippen molar-refractivity contribution in [1.29, 1.82) is 5.26 Å². The van der Waals surface area contributed by atoms with Gasteiger partial charge in [-0.2, -0.15) is 5.26 Å². The number of nitrogens with one attached hydrogen (secondary N) is 1. The van der Waals surface area contributed by atoms with Crippen molar-refractivity contribution >= 4 is 17.4 Å². The summed E-state index contributed by atoms with van der Waals surface area (Å²) in [6.45, 7) is 3.60. The van der Waals surface area contributed by atoms with E-state index >= 15 is 0 Å². The topological polar surface area (TPSA) is 52.0 Å². The molecule has 0 saturated carbocycles. The summed E-state index contributed by atoms with van der Waals surface area (Å²) in [5, 5.41) is 13.2. The Bertz CT molecular complexity index is 708. The lowest BCUT2D eigenvalue weighted by molar-refractivity contribution is 0.264. The summed E-state index contributed by atoms with van der Waals surface area (Å²) in [7, 11) is 0. The van der Waals surface area contributed by atoms with Crippen LogP contribution in [0.15, 0.2) is 36.5 Å². The third-order valence-corrected chi connectivity index (χ3v) is 4.29. The number of hydrogen-bond donors (Lipinski definition) is 1. The van der Waals surface area contributed by atoms with Crippen LogP contribution in [0, 0.1) is 11.3 Å². The molecule has 0 spiro atoms. The fourth-order valence-electron chi connectivity index (χ4n) is 2.78. The number of nitriles is 1. The smallest absolute Gasteiger partial charge is 0.143 e. The Hall–Kier alpha value is -2.09. The number of hydrogen-bond acceptors (Lipinski definition) is 4. The minimum Gasteiger partial charge on any atom is -0.368 e. The van der Waals surface area contributed by atoms with E-state index in [0.717, 1.165) is 37.6 Å². The molecule has 5 heteroatoms. The normalized spacial score (nSPS) is 14.2. The van der Waals surface area contributed by atoms with Gasteiger partial charge in [0.05, 0.1) is 5.56 Å². The molecule has 2 aromatic rings. The fraction of sp³-hybridized carbons (Fsp3) is 0.294. The first-order valence-corrected chi connectivity index (χ1v) is 7.73. The van der Waals surface area contributed by atoms with Gasteiger partial charge < -0.3 is 5.32 Å². The molecule has 1 N–H and O–H groups in total. The lowest BCUT2D eigenvalue weighted by Gasteiger charge is -2.29. The second-order valence-electron chi connectivity index (χ2n) is 5.34. The molecular weight excluding hydrogens is 296 g/mol. The maximum atomic E-state index is 9.05. The molecule has 1 aliphatic rings. The third kappa shape index (κ3) is 3.22. The molecule has 1 aromatic heterocycles. The van der Waals surface area contributed by atoms with E-state index in [-0.39, 0.29) is 0 Å². The molecule has 0 fully saturated rings. The van der Waals surface area contributed by atoms with E-state index in [2.05, 4.69) is 27.3 Å². The maximum Gasteiger partial charge on any atom is 0.143 e. The predicted octanol–water partition coefficient (Wildman–Crippen LogP) is 3.08. The van der Waals surface area contributed by atoms with E-state index in [1.807, 2.05) is 12.1 Å². The second kappa shape index (κ2) is 6.78. The quantitative estimate of drug-likeness (QED) is 0.942. The van der Waals surface area contributed by atoms with E-state index in [9.17, 15) is 0 Å². The molecule has 0 saturated heterocycles. The van der Waals surface area contributed by atoms with Crippen LogP contribution in [0.3, 0.4) is 0 Å². The van der Waals surface area contributed by atoms with Gasteiger partial charge in [-0.3, -0.25) is 4.90 Å². The van der Waals surface area contributed by atoms with Crippen molar-refractivity contribution in [2.75, 3.05) is 25.0 Å². The zero-order valence-corrected chi connectivity index (χ0v) is 13.0. The van der Waals surface area contributed by atoms with Gasteiger partial charge >= 0.3 is 0 Å². The summed E-state index contributed by atoms with van der Waals surface area (Å²) in [4.78, 5) is 6.60. The van der Waals surface area contributed by atoms with Crippen molar-refractivity contribution in [1.82, 2.24) is 9.88 Å². The number of anilines is 1. The Morgan fingerprint density at radius 2 is 2.23 bits per heavy atom. The molecule has 112 valence electrons. The molecule has 0 amide bonds. The first-order valence-electron chi connectivity index (χ1n) is 7.35. The highest BCUT2D eigenvalue weighted by molar-refractivity contribution is 6.31. The van der Waals surface area contributed by atoms with E-state index in [0.29, 0.717) is 11.4 Å². The molecule has 1 aromatic carbocycles. The van der Waals surface area contributed by atoms with E-state index < -0.39 is 0 Å². The first-order chi connectivity index (χ1) is 10.8. The molecular formula is C17H17ClN4. The van der Waals surface area contributed by atoms with Crippen LogP contribution in [-0.4, -0.2) is 29.5 Å². The maximum absolute atomic E-state index is 9.05. The largest absolute Gasteiger partial charge is 0.368 e. The lowest BCUT2D eigenvalue weighted by Crippen LogP contribution is -2.34. The summed E-state index contributed by atoms with van der Waals surface area (Å²) in [6, 6.07) is 11.8. The SMILES string of the molecule is N#Cc1cccnc1NCCN1CCc2c(Cl)cccc2C1. The number of rotatable bonds is 4. The molecule has 3 rings (SSSR count). The highest BCUT2D eigenvalue weighted by atomic mass is 35.5. The Morgan fingerprint density at radius 3 is 3.09 bits per heavy atom. The number of halogens is 1. The second-order valence-corrected chi connectivity index (χ2v) is 5.75. The van der Waals surface area contributed by atoms with Gasteiger partial charge in [0, 0.05) is 37.4 Å². The van der Waals surface area contributed by atoms with E-state index in [4.69, 9.17) is 16.9 Å². The van der Waals surface area contributed by atoms with Crippen LogP contribution in [0.5, 0.6) is 0 Å². The number of benzene rings is 1. The standard InChI is InChI=1S/C17H17ClN4/c18-16-5-1-3-14-12-22(9-6-15(14)16)10-8-21-17-13(11-19)4-2-7-20-17/h1-5,7H,6,8-10,12H2,(H,20,21). The van der Waals surface area contributed by atoms with Gasteiger partial charge in [-0.25, -0.2) is 4.98 Å². The van der Waals surface area contributed by atoms with Crippen LogP contribution in [0.1, 0.15) is 16.7 Å².